The molecule has 0 aliphatic heterocycles. The maximum atomic E-state index is 12.1. The van der Waals surface area contributed by atoms with Gasteiger partial charge >= 0.3 is 0 Å². The highest BCUT2D eigenvalue weighted by Gasteiger charge is 2.14. The van der Waals surface area contributed by atoms with Gasteiger partial charge in [0.15, 0.2) is 0 Å². The summed E-state index contributed by atoms with van der Waals surface area (Å²) in [6.45, 7) is 6.19. The van der Waals surface area contributed by atoms with E-state index in [-0.39, 0.29) is 11.8 Å². The largest absolute Gasteiger partial charge is 0.354 e. The Kier molecular flexibility index (Phi) is 6.15. The van der Waals surface area contributed by atoms with Gasteiger partial charge in [0.2, 0.25) is 5.91 Å². The number of pyridine rings is 1. The summed E-state index contributed by atoms with van der Waals surface area (Å²) in [4.78, 5) is 16.4. The molecule has 0 unspecified atom stereocenters. The van der Waals surface area contributed by atoms with Crippen LogP contribution in [-0.2, 0) is 11.2 Å². The van der Waals surface area contributed by atoms with Crippen molar-refractivity contribution in [2.24, 2.45) is 5.92 Å². The lowest BCUT2D eigenvalue weighted by Gasteiger charge is -2.13. The average molecular weight is 311 g/mol. The van der Waals surface area contributed by atoms with Crippen molar-refractivity contribution in [1.82, 2.24) is 4.98 Å². The van der Waals surface area contributed by atoms with E-state index in [0.29, 0.717) is 5.82 Å². The average Bonchev–Trinajstić information content (AvgIpc) is 2.58. The molecular formula is C19H25N3O. The molecule has 0 spiro atoms. The van der Waals surface area contributed by atoms with Crippen molar-refractivity contribution in [2.45, 2.75) is 40.0 Å². The Morgan fingerprint density at radius 1 is 1.09 bits per heavy atom. The molecule has 0 bridgehead atoms. The van der Waals surface area contributed by atoms with E-state index in [1.807, 2.05) is 38.1 Å². The molecule has 1 heterocycles. The number of carbonyl (C=O) groups excluding carboxylic acids is 1. The molecule has 0 aliphatic carbocycles. The summed E-state index contributed by atoms with van der Waals surface area (Å²) < 4.78 is 0. The smallest absolute Gasteiger partial charge is 0.228 e. The number of benzene rings is 1. The number of amides is 1. The fourth-order valence-corrected chi connectivity index (χ4v) is 2.54. The Balaban J connectivity index is 2.03. The molecule has 2 N–H and O–H groups in total. The van der Waals surface area contributed by atoms with Gasteiger partial charge in [0.1, 0.15) is 5.82 Å². The number of hydrogen-bond acceptors (Lipinski definition) is 3. The van der Waals surface area contributed by atoms with E-state index < -0.39 is 0 Å². The predicted octanol–water partition coefficient (Wildman–Crippen LogP) is 4.76. The Morgan fingerprint density at radius 2 is 1.83 bits per heavy atom. The van der Waals surface area contributed by atoms with Crippen LogP contribution in [0.5, 0.6) is 0 Å². The van der Waals surface area contributed by atoms with Gasteiger partial charge in [-0.3, -0.25) is 4.79 Å². The lowest BCUT2D eigenvalue weighted by Crippen LogP contribution is -2.22. The van der Waals surface area contributed by atoms with E-state index >= 15 is 0 Å². The first-order valence-corrected chi connectivity index (χ1v) is 8.29. The van der Waals surface area contributed by atoms with Gasteiger partial charge < -0.3 is 10.6 Å². The van der Waals surface area contributed by atoms with Gasteiger partial charge in [0, 0.05) is 11.6 Å². The zero-order chi connectivity index (χ0) is 16.7. The van der Waals surface area contributed by atoms with Gasteiger partial charge in [0.25, 0.3) is 0 Å². The quantitative estimate of drug-likeness (QED) is 0.775. The van der Waals surface area contributed by atoms with Crippen LogP contribution in [0.2, 0.25) is 0 Å². The summed E-state index contributed by atoms with van der Waals surface area (Å²) in [5.41, 5.74) is 3.26. The van der Waals surface area contributed by atoms with Crippen molar-refractivity contribution in [2.75, 3.05) is 10.6 Å². The lowest BCUT2D eigenvalue weighted by molar-refractivity contribution is -0.120. The van der Waals surface area contributed by atoms with Crippen LogP contribution in [0, 0.1) is 5.92 Å². The number of anilines is 3. The van der Waals surface area contributed by atoms with E-state index in [1.165, 1.54) is 5.56 Å². The minimum Gasteiger partial charge on any atom is -0.354 e. The zero-order valence-electron chi connectivity index (χ0n) is 14.1. The van der Waals surface area contributed by atoms with Crippen LogP contribution >= 0.6 is 0 Å². The second-order valence-corrected chi connectivity index (χ2v) is 5.57. The van der Waals surface area contributed by atoms with Crippen LogP contribution in [-0.4, -0.2) is 10.9 Å². The molecule has 1 amide bonds. The van der Waals surface area contributed by atoms with Crippen molar-refractivity contribution in [3.63, 3.8) is 0 Å². The second kappa shape index (κ2) is 8.32. The highest BCUT2D eigenvalue weighted by molar-refractivity contribution is 5.91. The van der Waals surface area contributed by atoms with Crippen LogP contribution in [0.1, 0.15) is 39.2 Å². The SMILES string of the molecule is CCc1ccccc1Nc1ccc(NC(=O)C(CC)CC)nc1. The molecule has 0 saturated heterocycles. The summed E-state index contributed by atoms with van der Waals surface area (Å²) in [7, 11) is 0. The summed E-state index contributed by atoms with van der Waals surface area (Å²) in [5.74, 6) is 0.682. The van der Waals surface area contributed by atoms with Gasteiger partial charge in [-0.25, -0.2) is 4.98 Å². The lowest BCUT2D eigenvalue weighted by atomic mass is 10.0. The molecule has 1 aromatic heterocycles. The van der Waals surface area contributed by atoms with Crippen LogP contribution in [0.25, 0.3) is 0 Å². The van der Waals surface area contributed by atoms with Crippen molar-refractivity contribution < 1.29 is 4.79 Å². The zero-order valence-corrected chi connectivity index (χ0v) is 14.1. The maximum Gasteiger partial charge on any atom is 0.228 e. The Morgan fingerprint density at radius 3 is 2.43 bits per heavy atom. The number of nitrogens with zero attached hydrogens (tertiary/aromatic N) is 1. The topological polar surface area (TPSA) is 54.0 Å². The van der Waals surface area contributed by atoms with Crippen molar-refractivity contribution in [3.8, 4) is 0 Å². The van der Waals surface area contributed by atoms with Gasteiger partial charge in [-0.1, -0.05) is 39.0 Å². The molecule has 2 aromatic rings. The van der Waals surface area contributed by atoms with Crippen LogP contribution in [0.4, 0.5) is 17.2 Å². The summed E-state index contributed by atoms with van der Waals surface area (Å²) in [6.07, 6.45) is 4.40. The number of carbonyl (C=O) groups is 1. The van der Waals surface area contributed by atoms with Crippen molar-refractivity contribution >= 4 is 23.1 Å². The molecule has 1 aromatic carbocycles. The maximum absolute atomic E-state index is 12.1. The van der Waals surface area contributed by atoms with Gasteiger partial charge in [-0.15, -0.1) is 0 Å². The minimum atomic E-state index is 0.0412. The first kappa shape index (κ1) is 17.0. The van der Waals surface area contributed by atoms with Crippen LogP contribution < -0.4 is 10.6 Å². The first-order valence-electron chi connectivity index (χ1n) is 8.29. The predicted molar refractivity (Wildman–Crippen MR) is 96.0 cm³/mol. The standard InChI is InChI=1S/C19H25N3O/c1-4-14(5-2)19(23)22-18-12-11-16(13-20-18)21-17-10-8-7-9-15(17)6-3/h7-14,21H,4-6H2,1-3H3,(H,20,22,23). The van der Waals surface area contributed by atoms with Crippen LogP contribution in [0.3, 0.4) is 0 Å². The molecule has 23 heavy (non-hydrogen) atoms. The van der Waals surface area contributed by atoms with Gasteiger partial charge in [-0.05, 0) is 43.0 Å². The van der Waals surface area contributed by atoms with Gasteiger partial charge in [0.05, 0.1) is 11.9 Å². The molecule has 122 valence electrons. The molecule has 4 nitrogen and oxygen atoms in total. The molecule has 2 rings (SSSR count). The first-order chi connectivity index (χ1) is 11.2. The minimum absolute atomic E-state index is 0.0412. The van der Waals surface area contributed by atoms with Crippen LogP contribution in [0.15, 0.2) is 42.6 Å². The molecular weight excluding hydrogens is 286 g/mol. The number of aromatic nitrogens is 1. The summed E-state index contributed by atoms with van der Waals surface area (Å²) >= 11 is 0. The molecule has 0 fully saturated rings. The normalized spacial score (nSPS) is 10.6. The Hall–Kier alpha value is -2.36. The summed E-state index contributed by atoms with van der Waals surface area (Å²) in [5, 5.41) is 6.25. The number of hydrogen-bond donors (Lipinski definition) is 2. The highest BCUT2D eigenvalue weighted by atomic mass is 16.1. The van der Waals surface area contributed by atoms with E-state index in [0.717, 1.165) is 30.6 Å². The second-order valence-electron chi connectivity index (χ2n) is 5.57. The third-order valence-electron chi connectivity index (χ3n) is 4.05. The number of para-hydroxylation sites is 1. The molecule has 0 atom stereocenters. The number of aryl methyl sites for hydroxylation is 1. The third kappa shape index (κ3) is 4.55. The number of nitrogens with one attached hydrogen (secondary N) is 2. The third-order valence-corrected chi connectivity index (χ3v) is 4.05. The molecule has 4 heteroatoms. The molecule has 0 aliphatic rings. The molecule has 0 radical (unpaired) electrons. The van der Waals surface area contributed by atoms with E-state index in [2.05, 4.69) is 34.7 Å². The monoisotopic (exact) mass is 311 g/mol. The molecule has 0 saturated carbocycles. The Bertz CT molecular complexity index is 633. The van der Waals surface area contributed by atoms with Crippen molar-refractivity contribution in [1.29, 1.82) is 0 Å². The van der Waals surface area contributed by atoms with Crippen molar-refractivity contribution in [3.05, 3.63) is 48.2 Å². The highest BCUT2D eigenvalue weighted by Crippen LogP contribution is 2.21. The Labute approximate surface area is 138 Å². The fourth-order valence-electron chi connectivity index (χ4n) is 2.54. The van der Waals surface area contributed by atoms with E-state index in [4.69, 9.17) is 0 Å². The van der Waals surface area contributed by atoms with Gasteiger partial charge in [-0.2, -0.15) is 0 Å². The fraction of sp³-hybridized carbons (Fsp3) is 0.368. The summed E-state index contributed by atoms with van der Waals surface area (Å²) in [6, 6.07) is 12.0. The number of rotatable bonds is 7. The van der Waals surface area contributed by atoms with E-state index in [9.17, 15) is 4.79 Å². The van der Waals surface area contributed by atoms with E-state index in [1.54, 1.807) is 6.20 Å².